The van der Waals surface area contributed by atoms with E-state index in [2.05, 4.69) is 10.0 Å². The zero-order valence-corrected chi connectivity index (χ0v) is 13.8. The Hall–Kier alpha value is -1.22. The Bertz CT molecular complexity index is 584. The van der Waals surface area contributed by atoms with Gasteiger partial charge in [0.1, 0.15) is 10.7 Å². The van der Waals surface area contributed by atoms with E-state index in [-0.39, 0.29) is 12.4 Å². The highest BCUT2D eigenvalue weighted by molar-refractivity contribution is 7.89. The van der Waals surface area contributed by atoms with Crippen LogP contribution in [0.5, 0.6) is 0 Å². The summed E-state index contributed by atoms with van der Waals surface area (Å²) >= 11 is 0. The predicted octanol–water partition coefficient (Wildman–Crippen LogP) is 0.769. The highest BCUT2D eigenvalue weighted by atomic mass is 35.5. The molecular formula is C13H21ClFN3O3S. The smallest absolute Gasteiger partial charge is 0.244 e. The van der Waals surface area contributed by atoms with Gasteiger partial charge in [-0.3, -0.25) is 4.79 Å². The summed E-state index contributed by atoms with van der Waals surface area (Å²) in [7, 11) is -4.08. The minimum absolute atomic E-state index is 0. The van der Waals surface area contributed by atoms with Crippen molar-refractivity contribution in [1.29, 1.82) is 0 Å². The van der Waals surface area contributed by atoms with E-state index >= 15 is 0 Å². The molecule has 0 heterocycles. The fraction of sp³-hybridized carbons (Fsp3) is 0.462. The summed E-state index contributed by atoms with van der Waals surface area (Å²) in [6.07, 6.45) is 1.49. The molecule has 0 radical (unpaired) electrons. The highest BCUT2D eigenvalue weighted by Gasteiger charge is 2.24. The van der Waals surface area contributed by atoms with Gasteiger partial charge in [0.05, 0.1) is 6.04 Å². The number of nitrogens with one attached hydrogen (secondary N) is 2. The Morgan fingerprint density at radius 1 is 1.32 bits per heavy atom. The van der Waals surface area contributed by atoms with Gasteiger partial charge in [0.2, 0.25) is 15.9 Å². The standard InChI is InChI=1S/C13H20FN3O3S.ClH/c1-10(13(18)16-9-5-4-8-15)17-21(19,20)12-7-3-2-6-11(12)14;/h2-3,6-7,10,17H,4-5,8-9,15H2,1H3,(H,16,18);1H. The molecule has 0 aliphatic heterocycles. The van der Waals surface area contributed by atoms with Crippen molar-refractivity contribution in [3.8, 4) is 0 Å². The lowest BCUT2D eigenvalue weighted by atomic mass is 10.3. The number of unbranched alkanes of at least 4 members (excludes halogenated alkanes) is 1. The molecule has 1 aromatic rings. The third-order valence-corrected chi connectivity index (χ3v) is 4.36. The molecule has 4 N–H and O–H groups in total. The van der Waals surface area contributed by atoms with Crippen molar-refractivity contribution in [2.24, 2.45) is 5.73 Å². The van der Waals surface area contributed by atoms with Gasteiger partial charge in [0.15, 0.2) is 0 Å². The maximum atomic E-state index is 13.5. The zero-order chi connectivity index (χ0) is 15.9. The van der Waals surface area contributed by atoms with Crippen LogP contribution in [0.2, 0.25) is 0 Å². The summed E-state index contributed by atoms with van der Waals surface area (Å²) in [5.41, 5.74) is 5.33. The van der Waals surface area contributed by atoms with Gasteiger partial charge in [0, 0.05) is 6.54 Å². The molecule has 9 heteroatoms. The molecule has 0 fully saturated rings. The fourth-order valence-electron chi connectivity index (χ4n) is 1.65. The van der Waals surface area contributed by atoms with Crippen LogP contribution in [0.1, 0.15) is 19.8 Å². The molecule has 0 aliphatic carbocycles. The summed E-state index contributed by atoms with van der Waals surface area (Å²) in [4.78, 5) is 11.3. The summed E-state index contributed by atoms with van der Waals surface area (Å²) in [6, 6.07) is 4.00. The Morgan fingerprint density at radius 2 is 1.95 bits per heavy atom. The molecule has 126 valence electrons. The Morgan fingerprint density at radius 3 is 2.55 bits per heavy atom. The lowest BCUT2D eigenvalue weighted by molar-refractivity contribution is -0.122. The van der Waals surface area contributed by atoms with Crippen molar-refractivity contribution in [1.82, 2.24) is 10.0 Å². The molecule has 1 rings (SSSR count). The van der Waals surface area contributed by atoms with E-state index in [4.69, 9.17) is 5.73 Å². The second kappa shape index (κ2) is 9.73. The number of hydrogen-bond donors (Lipinski definition) is 3. The van der Waals surface area contributed by atoms with E-state index in [9.17, 15) is 17.6 Å². The van der Waals surface area contributed by atoms with Crippen LogP contribution in [0, 0.1) is 5.82 Å². The maximum Gasteiger partial charge on any atom is 0.244 e. The average molecular weight is 354 g/mol. The monoisotopic (exact) mass is 353 g/mol. The molecule has 0 saturated heterocycles. The van der Waals surface area contributed by atoms with Crippen LogP contribution >= 0.6 is 12.4 Å². The van der Waals surface area contributed by atoms with Gasteiger partial charge >= 0.3 is 0 Å². The Labute approximate surface area is 136 Å². The molecule has 1 atom stereocenters. The van der Waals surface area contributed by atoms with Crippen LogP contribution < -0.4 is 15.8 Å². The number of carbonyl (C=O) groups excluding carboxylic acids is 1. The van der Waals surface area contributed by atoms with E-state index in [0.29, 0.717) is 13.1 Å². The van der Waals surface area contributed by atoms with Gasteiger partial charge in [-0.2, -0.15) is 4.72 Å². The summed E-state index contributed by atoms with van der Waals surface area (Å²) in [5, 5.41) is 2.59. The highest BCUT2D eigenvalue weighted by Crippen LogP contribution is 2.13. The number of rotatable bonds is 8. The Balaban J connectivity index is 0.00000441. The third-order valence-electron chi connectivity index (χ3n) is 2.78. The van der Waals surface area contributed by atoms with Crippen LogP contribution in [0.4, 0.5) is 4.39 Å². The molecule has 1 amide bonds. The predicted molar refractivity (Wildman–Crippen MR) is 84.7 cm³/mol. The molecule has 0 spiro atoms. The van der Waals surface area contributed by atoms with E-state index in [0.717, 1.165) is 25.0 Å². The minimum atomic E-state index is -4.08. The van der Waals surface area contributed by atoms with Gasteiger partial charge in [-0.1, -0.05) is 12.1 Å². The SMILES string of the molecule is CC(NS(=O)(=O)c1ccccc1F)C(=O)NCCCCN.Cl. The van der Waals surface area contributed by atoms with Crippen molar-refractivity contribution in [2.45, 2.75) is 30.7 Å². The maximum absolute atomic E-state index is 13.5. The first-order valence-electron chi connectivity index (χ1n) is 6.63. The molecule has 0 bridgehead atoms. The van der Waals surface area contributed by atoms with Crippen LogP contribution in [0.25, 0.3) is 0 Å². The molecule has 0 aromatic heterocycles. The van der Waals surface area contributed by atoms with Crippen LogP contribution in [0.3, 0.4) is 0 Å². The Kier molecular flexibility index (Phi) is 9.19. The topological polar surface area (TPSA) is 101 Å². The van der Waals surface area contributed by atoms with E-state index < -0.39 is 32.7 Å². The largest absolute Gasteiger partial charge is 0.355 e. The number of benzene rings is 1. The van der Waals surface area contributed by atoms with Crippen LogP contribution in [0.15, 0.2) is 29.2 Å². The summed E-state index contributed by atoms with van der Waals surface area (Å²) in [5.74, 6) is -1.33. The number of carbonyl (C=O) groups is 1. The fourth-order valence-corrected chi connectivity index (χ4v) is 2.93. The van der Waals surface area contributed by atoms with E-state index in [1.54, 1.807) is 0 Å². The molecule has 6 nitrogen and oxygen atoms in total. The lowest BCUT2D eigenvalue weighted by Crippen LogP contribution is -2.45. The molecule has 22 heavy (non-hydrogen) atoms. The molecule has 0 aliphatic rings. The first-order valence-corrected chi connectivity index (χ1v) is 8.11. The number of amides is 1. The lowest BCUT2D eigenvalue weighted by Gasteiger charge is -2.14. The molecule has 0 saturated carbocycles. The van der Waals surface area contributed by atoms with Crippen LogP contribution in [-0.4, -0.2) is 33.5 Å². The minimum Gasteiger partial charge on any atom is -0.355 e. The second-order valence-electron chi connectivity index (χ2n) is 4.56. The molecule has 1 unspecified atom stereocenters. The quantitative estimate of drug-likeness (QED) is 0.601. The van der Waals surface area contributed by atoms with Crippen molar-refractivity contribution >= 4 is 28.3 Å². The van der Waals surface area contributed by atoms with Crippen molar-refractivity contribution in [2.75, 3.05) is 13.1 Å². The first kappa shape index (κ1) is 20.8. The van der Waals surface area contributed by atoms with E-state index in [1.807, 2.05) is 0 Å². The normalized spacial score (nSPS) is 12.3. The summed E-state index contributed by atoms with van der Waals surface area (Å²) < 4.78 is 39.6. The van der Waals surface area contributed by atoms with Gasteiger partial charge in [-0.05, 0) is 38.4 Å². The van der Waals surface area contributed by atoms with Crippen LogP contribution in [-0.2, 0) is 14.8 Å². The molecular weight excluding hydrogens is 333 g/mol. The summed E-state index contributed by atoms with van der Waals surface area (Å²) in [6.45, 7) is 2.35. The average Bonchev–Trinajstić information content (AvgIpc) is 2.43. The van der Waals surface area contributed by atoms with E-state index in [1.165, 1.54) is 19.1 Å². The van der Waals surface area contributed by atoms with Gasteiger partial charge in [0.25, 0.3) is 0 Å². The van der Waals surface area contributed by atoms with Gasteiger partial charge in [-0.15, -0.1) is 12.4 Å². The van der Waals surface area contributed by atoms with Gasteiger partial charge in [-0.25, -0.2) is 12.8 Å². The van der Waals surface area contributed by atoms with Crippen molar-refractivity contribution in [3.63, 3.8) is 0 Å². The third kappa shape index (κ3) is 6.27. The van der Waals surface area contributed by atoms with Crippen molar-refractivity contribution in [3.05, 3.63) is 30.1 Å². The number of nitrogens with two attached hydrogens (primary N) is 1. The number of sulfonamides is 1. The number of hydrogen-bond acceptors (Lipinski definition) is 4. The van der Waals surface area contributed by atoms with Crippen molar-refractivity contribution < 1.29 is 17.6 Å². The second-order valence-corrected chi connectivity index (χ2v) is 6.24. The number of halogens is 2. The first-order chi connectivity index (χ1) is 9.88. The van der Waals surface area contributed by atoms with Gasteiger partial charge < -0.3 is 11.1 Å². The molecule has 1 aromatic carbocycles. The zero-order valence-electron chi connectivity index (χ0n) is 12.2.